The smallest absolute Gasteiger partial charge is 0.320 e. The zero-order valence-electron chi connectivity index (χ0n) is 14.0. The minimum atomic E-state index is -0.885. The number of nitrogens with one attached hydrogen (secondary N) is 1. The fraction of sp³-hybridized carbons (Fsp3) is 0.556. The maximum absolute atomic E-state index is 11.6. The van der Waals surface area contributed by atoms with Gasteiger partial charge >= 0.3 is 11.9 Å². The van der Waals surface area contributed by atoms with Crippen molar-refractivity contribution in [2.24, 2.45) is 5.92 Å². The molecule has 1 aromatic rings. The van der Waals surface area contributed by atoms with Crippen LogP contribution < -0.4 is 5.32 Å². The van der Waals surface area contributed by atoms with Crippen molar-refractivity contribution < 1.29 is 19.8 Å². The Balaban J connectivity index is 2.83. The molecule has 0 aliphatic carbocycles. The molecule has 0 saturated carbocycles. The van der Waals surface area contributed by atoms with Crippen LogP contribution in [0.25, 0.3) is 0 Å². The summed E-state index contributed by atoms with van der Waals surface area (Å²) in [5.74, 6) is -2.15. The maximum Gasteiger partial charge on any atom is 0.320 e. The maximum atomic E-state index is 11.6. The molecule has 0 aliphatic rings. The summed E-state index contributed by atoms with van der Waals surface area (Å²) in [6.07, 6.45) is 1.57. The monoisotopic (exact) mass is 321 g/mol. The van der Waals surface area contributed by atoms with Crippen molar-refractivity contribution in [3.8, 4) is 0 Å². The van der Waals surface area contributed by atoms with Gasteiger partial charge in [-0.1, -0.05) is 51.1 Å². The molecule has 3 atom stereocenters. The van der Waals surface area contributed by atoms with E-state index in [-0.39, 0.29) is 12.0 Å². The van der Waals surface area contributed by atoms with Crippen LogP contribution in [0.2, 0.25) is 0 Å². The second kappa shape index (κ2) is 9.30. The van der Waals surface area contributed by atoms with Crippen LogP contribution in [0.4, 0.5) is 0 Å². The molecule has 0 amide bonds. The highest BCUT2D eigenvalue weighted by molar-refractivity contribution is 5.76. The van der Waals surface area contributed by atoms with Gasteiger partial charge in [-0.15, -0.1) is 0 Å². The molecule has 1 rings (SSSR count). The standard InChI is InChI=1S/C18H27NO4/c1-4-14(19-16(18(22)23)10-12(2)3)11-15(17(20)21)13-8-6-5-7-9-13/h5-9,12,14-16,19H,4,10-11H2,1-3H3,(H,20,21)(H,22,23)/t14-,15?,16-/m0/s1. The highest BCUT2D eigenvalue weighted by atomic mass is 16.4. The summed E-state index contributed by atoms with van der Waals surface area (Å²) in [7, 11) is 0. The second-order valence-corrected chi connectivity index (χ2v) is 6.33. The molecule has 5 heteroatoms. The van der Waals surface area contributed by atoms with E-state index in [0.717, 1.165) is 5.56 Å². The Morgan fingerprint density at radius 3 is 2.09 bits per heavy atom. The molecule has 0 radical (unpaired) electrons. The van der Waals surface area contributed by atoms with Gasteiger partial charge in [0.05, 0.1) is 5.92 Å². The molecule has 3 N–H and O–H groups in total. The molecule has 0 spiro atoms. The summed E-state index contributed by atoms with van der Waals surface area (Å²) in [6.45, 7) is 5.89. The van der Waals surface area contributed by atoms with Crippen molar-refractivity contribution in [1.82, 2.24) is 5.32 Å². The molecule has 0 aliphatic heterocycles. The number of rotatable bonds is 10. The normalized spacial score (nSPS) is 15.1. The minimum Gasteiger partial charge on any atom is -0.481 e. The fourth-order valence-electron chi connectivity index (χ4n) is 2.70. The lowest BCUT2D eigenvalue weighted by molar-refractivity contribution is -0.140. The number of hydrogen-bond acceptors (Lipinski definition) is 3. The van der Waals surface area contributed by atoms with Gasteiger partial charge in [0.1, 0.15) is 6.04 Å². The van der Waals surface area contributed by atoms with Crippen LogP contribution in [0.3, 0.4) is 0 Å². The van der Waals surface area contributed by atoms with Gasteiger partial charge in [-0.05, 0) is 30.7 Å². The van der Waals surface area contributed by atoms with Gasteiger partial charge < -0.3 is 15.5 Å². The SMILES string of the molecule is CC[C@@H](CC(C(=O)O)c1ccccc1)N[C@@H](CC(C)C)C(=O)O. The lowest BCUT2D eigenvalue weighted by Gasteiger charge is -2.26. The summed E-state index contributed by atoms with van der Waals surface area (Å²) in [5, 5.41) is 22.0. The Kier molecular flexibility index (Phi) is 7.75. The summed E-state index contributed by atoms with van der Waals surface area (Å²) >= 11 is 0. The molecule has 0 bridgehead atoms. The Hall–Kier alpha value is -1.88. The molecule has 0 aromatic heterocycles. The first-order valence-electron chi connectivity index (χ1n) is 8.11. The second-order valence-electron chi connectivity index (χ2n) is 6.33. The Labute approximate surface area is 137 Å². The number of benzene rings is 1. The van der Waals surface area contributed by atoms with E-state index >= 15 is 0 Å². The third-order valence-electron chi connectivity index (χ3n) is 3.96. The zero-order chi connectivity index (χ0) is 17.4. The van der Waals surface area contributed by atoms with Gasteiger partial charge in [0.15, 0.2) is 0 Å². The first-order chi connectivity index (χ1) is 10.8. The van der Waals surface area contributed by atoms with Crippen molar-refractivity contribution in [3.05, 3.63) is 35.9 Å². The average molecular weight is 321 g/mol. The molecule has 1 unspecified atom stereocenters. The summed E-state index contributed by atoms with van der Waals surface area (Å²) < 4.78 is 0. The van der Waals surface area contributed by atoms with E-state index in [1.54, 1.807) is 12.1 Å². The molecular weight excluding hydrogens is 294 g/mol. The van der Waals surface area contributed by atoms with Gasteiger partial charge in [0.2, 0.25) is 0 Å². The zero-order valence-corrected chi connectivity index (χ0v) is 14.0. The van der Waals surface area contributed by atoms with Crippen molar-refractivity contribution >= 4 is 11.9 Å². The van der Waals surface area contributed by atoms with E-state index in [0.29, 0.717) is 19.3 Å². The van der Waals surface area contributed by atoms with E-state index in [1.807, 2.05) is 39.0 Å². The Morgan fingerprint density at radius 1 is 1.04 bits per heavy atom. The lowest BCUT2D eigenvalue weighted by atomic mass is 9.90. The van der Waals surface area contributed by atoms with Crippen LogP contribution in [0.1, 0.15) is 51.5 Å². The predicted octanol–water partition coefficient (Wildman–Crippen LogP) is 3.11. The van der Waals surface area contributed by atoms with E-state index in [2.05, 4.69) is 5.32 Å². The van der Waals surface area contributed by atoms with Gasteiger partial charge in [-0.25, -0.2) is 0 Å². The third kappa shape index (κ3) is 6.40. The summed E-state index contributed by atoms with van der Waals surface area (Å²) in [6, 6.07) is 8.28. The van der Waals surface area contributed by atoms with Gasteiger partial charge in [0.25, 0.3) is 0 Å². The van der Waals surface area contributed by atoms with Crippen molar-refractivity contribution in [2.75, 3.05) is 0 Å². The first-order valence-corrected chi connectivity index (χ1v) is 8.11. The minimum absolute atomic E-state index is 0.156. The number of carboxylic acid groups (broad SMARTS) is 2. The Morgan fingerprint density at radius 2 is 1.65 bits per heavy atom. The number of hydrogen-bond donors (Lipinski definition) is 3. The third-order valence-corrected chi connectivity index (χ3v) is 3.96. The quantitative estimate of drug-likeness (QED) is 0.616. The first kappa shape index (κ1) is 19.2. The number of carboxylic acids is 2. The van der Waals surface area contributed by atoms with Crippen LogP contribution in [0.5, 0.6) is 0 Å². The van der Waals surface area contributed by atoms with Gasteiger partial charge in [-0.2, -0.15) is 0 Å². The topological polar surface area (TPSA) is 86.6 Å². The van der Waals surface area contributed by atoms with Gasteiger partial charge in [0, 0.05) is 6.04 Å². The Bertz CT molecular complexity index is 501. The van der Waals surface area contributed by atoms with E-state index in [1.165, 1.54) is 0 Å². The fourth-order valence-corrected chi connectivity index (χ4v) is 2.70. The molecular formula is C18H27NO4. The van der Waals surface area contributed by atoms with Crippen molar-refractivity contribution in [1.29, 1.82) is 0 Å². The largest absolute Gasteiger partial charge is 0.481 e. The highest BCUT2D eigenvalue weighted by Gasteiger charge is 2.27. The molecule has 0 fully saturated rings. The summed E-state index contributed by atoms with van der Waals surface area (Å²) in [4.78, 5) is 23.0. The van der Waals surface area contributed by atoms with E-state index in [4.69, 9.17) is 0 Å². The van der Waals surface area contributed by atoms with Crippen LogP contribution >= 0.6 is 0 Å². The van der Waals surface area contributed by atoms with Crippen molar-refractivity contribution in [3.63, 3.8) is 0 Å². The number of carbonyl (C=O) groups is 2. The van der Waals surface area contributed by atoms with Crippen LogP contribution in [-0.4, -0.2) is 34.2 Å². The van der Waals surface area contributed by atoms with E-state index < -0.39 is 23.9 Å². The van der Waals surface area contributed by atoms with Crippen LogP contribution in [0, 0.1) is 5.92 Å². The molecule has 128 valence electrons. The molecule has 5 nitrogen and oxygen atoms in total. The van der Waals surface area contributed by atoms with E-state index in [9.17, 15) is 19.8 Å². The number of aliphatic carboxylic acids is 2. The van der Waals surface area contributed by atoms with Gasteiger partial charge in [-0.3, -0.25) is 9.59 Å². The lowest BCUT2D eigenvalue weighted by Crippen LogP contribution is -2.44. The summed E-state index contributed by atoms with van der Waals surface area (Å²) in [5.41, 5.74) is 0.746. The molecule has 23 heavy (non-hydrogen) atoms. The molecule has 0 heterocycles. The predicted molar refractivity (Wildman–Crippen MR) is 89.5 cm³/mol. The highest BCUT2D eigenvalue weighted by Crippen LogP contribution is 2.23. The van der Waals surface area contributed by atoms with Crippen LogP contribution in [-0.2, 0) is 9.59 Å². The van der Waals surface area contributed by atoms with Crippen LogP contribution in [0.15, 0.2) is 30.3 Å². The average Bonchev–Trinajstić information content (AvgIpc) is 2.50. The molecule has 1 aromatic carbocycles. The van der Waals surface area contributed by atoms with Crippen molar-refractivity contribution in [2.45, 2.75) is 58.0 Å². The molecule has 0 saturated heterocycles.